The van der Waals surface area contributed by atoms with Crippen molar-refractivity contribution in [1.29, 1.82) is 0 Å². The molecular formula is C29H32N2O5S. The summed E-state index contributed by atoms with van der Waals surface area (Å²) in [6, 6.07) is 14.4. The topological polar surface area (TPSA) is 79.1 Å². The molecule has 8 heteroatoms. The van der Waals surface area contributed by atoms with Gasteiger partial charge in [-0.05, 0) is 68.7 Å². The lowest BCUT2D eigenvalue weighted by molar-refractivity contribution is -0.143. The Balaban J connectivity index is 1.79. The molecule has 1 aromatic heterocycles. The first-order valence-electron chi connectivity index (χ1n) is 12.4. The van der Waals surface area contributed by atoms with Crippen LogP contribution in [0.25, 0.3) is 6.08 Å². The standard InChI is InChI=1S/C29H32N2O5S/c1-6-7-16-35-23-12-8-20(9-13-23)17-24-27(32)31-26(21-10-14-22(34-5)15-11-21)25(28(33)36-18(2)3)19(4)30-29(31)37-24/h8-15,17-18,26H,6-7,16H2,1-5H3/b24-17+/t26-/m1/s1. The van der Waals surface area contributed by atoms with Crippen LogP contribution in [0.15, 0.2) is 69.6 Å². The summed E-state index contributed by atoms with van der Waals surface area (Å²) in [5.74, 6) is 1.01. The second-order valence-electron chi connectivity index (χ2n) is 9.08. The zero-order valence-corrected chi connectivity index (χ0v) is 22.6. The number of hydrogen-bond acceptors (Lipinski definition) is 7. The Bertz CT molecular complexity index is 1460. The first-order valence-corrected chi connectivity index (χ1v) is 13.2. The molecule has 4 rings (SSSR count). The zero-order chi connectivity index (χ0) is 26.5. The van der Waals surface area contributed by atoms with Gasteiger partial charge < -0.3 is 14.2 Å². The first-order chi connectivity index (χ1) is 17.8. The van der Waals surface area contributed by atoms with Crippen LogP contribution in [-0.2, 0) is 9.53 Å². The van der Waals surface area contributed by atoms with Crippen molar-refractivity contribution < 1.29 is 19.0 Å². The molecule has 37 heavy (non-hydrogen) atoms. The highest BCUT2D eigenvalue weighted by atomic mass is 32.1. The molecule has 0 aliphatic carbocycles. The van der Waals surface area contributed by atoms with Crippen LogP contribution in [-0.4, -0.2) is 30.4 Å². The molecule has 1 aliphatic rings. The number of ether oxygens (including phenoxy) is 3. The predicted molar refractivity (Wildman–Crippen MR) is 145 cm³/mol. The summed E-state index contributed by atoms with van der Waals surface area (Å²) in [6.07, 6.45) is 3.62. The number of benzene rings is 2. The largest absolute Gasteiger partial charge is 0.497 e. The molecule has 1 atom stereocenters. The highest BCUT2D eigenvalue weighted by Gasteiger charge is 2.33. The molecule has 0 saturated carbocycles. The van der Waals surface area contributed by atoms with E-state index in [2.05, 4.69) is 11.9 Å². The van der Waals surface area contributed by atoms with Crippen molar-refractivity contribution in [1.82, 2.24) is 4.57 Å². The molecule has 0 saturated heterocycles. The van der Waals surface area contributed by atoms with Gasteiger partial charge in [0.05, 0.1) is 41.7 Å². The summed E-state index contributed by atoms with van der Waals surface area (Å²) in [4.78, 5) is 32.1. The van der Waals surface area contributed by atoms with Gasteiger partial charge in [-0.2, -0.15) is 0 Å². The molecule has 0 bridgehead atoms. The van der Waals surface area contributed by atoms with E-state index in [1.807, 2.05) is 54.6 Å². The maximum absolute atomic E-state index is 13.7. The van der Waals surface area contributed by atoms with Gasteiger partial charge in [-0.1, -0.05) is 48.9 Å². The van der Waals surface area contributed by atoms with Gasteiger partial charge in [0.1, 0.15) is 11.5 Å². The van der Waals surface area contributed by atoms with E-state index in [0.717, 1.165) is 29.7 Å². The number of carbonyl (C=O) groups is 1. The number of thiazole rings is 1. The molecule has 2 heterocycles. The van der Waals surface area contributed by atoms with Gasteiger partial charge in [0.25, 0.3) is 5.56 Å². The molecule has 0 unspecified atom stereocenters. The number of unbranched alkanes of at least 4 members (excludes halogenated alkanes) is 1. The number of methoxy groups -OCH3 is 1. The monoisotopic (exact) mass is 520 g/mol. The lowest BCUT2D eigenvalue weighted by atomic mass is 9.96. The smallest absolute Gasteiger partial charge is 0.338 e. The second-order valence-corrected chi connectivity index (χ2v) is 10.1. The summed E-state index contributed by atoms with van der Waals surface area (Å²) in [6.45, 7) is 8.18. The van der Waals surface area contributed by atoms with E-state index < -0.39 is 12.0 Å². The van der Waals surface area contributed by atoms with Crippen LogP contribution in [0.5, 0.6) is 11.5 Å². The van der Waals surface area contributed by atoms with Gasteiger partial charge in [-0.15, -0.1) is 0 Å². The molecule has 0 fully saturated rings. The van der Waals surface area contributed by atoms with Crippen LogP contribution in [0, 0.1) is 0 Å². The van der Waals surface area contributed by atoms with Crippen LogP contribution in [0.1, 0.15) is 57.7 Å². The number of hydrogen-bond donors (Lipinski definition) is 0. The summed E-state index contributed by atoms with van der Waals surface area (Å²) in [5.41, 5.74) is 2.32. The third-order valence-corrected chi connectivity index (χ3v) is 6.94. The van der Waals surface area contributed by atoms with Gasteiger partial charge in [0.2, 0.25) is 0 Å². The maximum Gasteiger partial charge on any atom is 0.338 e. The minimum Gasteiger partial charge on any atom is -0.497 e. The van der Waals surface area contributed by atoms with E-state index in [1.165, 1.54) is 11.3 Å². The molecular weight excluding hydrogens is 488 g/mol. The van der Waals surface area contributed by atoms with Gasteiger partial charge in [0.15, 0.2) is 4.80 Å². The molecule has 0 spiro atoms. The van der Waals surface area contributed by atoms with Gasteiger partial charge in [-0.3, -0.25) is 9.36 Å². The summed E-state index contributed by atoms with van der Waals surface area (Å²) < 4.78 is 18.7. The van der Waals surface area contributed by atoms with Crippen LogP contribution >= 0.6 is 11.3 Å². The second kappa shape index (κ2) is 11.6. The van der Waals surface area contributed by atoms with Gasteiger partial charge in [-0.25, -0.2) is 9.79 Å². The van der Waals surface area contributed by atoms with E-state index in [1.54, 1.807) is 32.4 Å². The minimum atomic E-state index is -0.662. The Kier molecular flexibility index (Phi) is 8.28. The molecule has 0 amide bonds. The van der Waals surface area contributed by atoms with Crippen LogP contribution in [0.4, 0.5) is 0 Å². The van der Waals surface area contributed by atoms with Crippen molar-refractivity contribution in [2.45, 2.75) is 52.7 Å². The lowest BCUT2D eigenvalue weighted by Crippen LogP contribution is -2.40. The van der Waals surface area contributed by atoms with E-state index in [0.29, 0.717) is 33.0 Å². The number of nitrogens with zero attached hydrogens (tertiary/aromatic N) is 2. The maximum atomic E-state index is 13.7. The van der Waals surface area contributed by atoms with Gasteiger partial charge >= 0.3 is 5.97 Å². The number of fused-ring (bicyclic) bond motifs is 1. The average molecular weight is 521 g/mol. The Morgan fingerprint density at radius 2 is 1.78 bits per heavy atom. The molecule has 194 valence electrons. The number of rotatable bonds is 9. The Hall–Kier alpha value is -3.65. The SMILES string of the molecule is CCCCOc1ccc(/C=c2/sc3n(c2=O)[C@H](c2ccc(OC)cc2)C(C(=O)OC(C)C)=C(C)N=3)cc1. The third kappa shape index (κ3) is 5.85. The third-order valence-electron chi connectivity index (χ3n) is 5.96. The van der Waals surface area contributed by atoms with Crippen molar-refractivity contribution in [3.63, 3.8) is 0 Å². The van der Waals surface area contributed by atoms with Crippen LogP contribution in [0.3, 0.4) is 0 Å². The fraction of sp³-hybridized carbons (Fsp3) is 0.345. The van der Waals surface area contributed by atoms with Crippen molar-refractivity contribution >= 4 is 23.4 Å². The van der Waals surface area contributed by atoms with Crippen molar-refractivity contribution in [3.8, 4) is 11.5 Å². The van der Waals surface area contributed by atoms with E-state index >= 15 is 0 Å². The fourth-order valence-electron chi connectivity index (χ4n) is 4.11. The predicted octanol–water partition coefficient (Wildman–Crippen LogP) is 4.37. The molecule has 1 aliphatic heterocycles. The molecule has 3 aromatic rings. The zero-order valence-electron chi connectivity index (χ0n) is 21.8. The fourth-order valence-corrected chi connectivity index (χ4v) is 5.15. The number of carbonyl (C=O) groups excluding carboxylic acids is 1. The minimum absolute atomic E-state index is 0.213. The van der Waals surface area contributed by atoms with Crippen LogP contribution in [0.2, 0.25) is 0 Å². The van der Waals surface area contributed by atoms with Crippen molar-refractivity contribution in [2.75, 3.05) is 13.7 Å². The summed E-state index contributed by atoms with van der Waals surface area (Å²) >= 11 is 1.30. The normalized spacial score (nSPS) is 15.4. The van der Waals surface area contributed by atoms with Crippen molar-refractivity contribution in [3.05, 3.63) is 90.6 Å². The molecule has 0 N–H and O–H groups in total. The number of aromatic nitrogens is 1. The number of esters is 1. The summed E-state index contributed by atoms with van der Waals surface area (Å²) in [5, 5.41) is 0. The average Bonchev–Trinajstić information content (AvgIpc) is 3.18. The Labute approximate surface area is 220 Å². The van der Waals surface area contributed by atoms with E-state index in [-0.39, 0.29) is 11.7 Å². The van der Waals surface area contributed by atoms with Crippen LogP contribution < -0.4 is 24.4 Å². The lowest BCUT2D eigenvalue weighted by Gasteiger charge is -2.25. The van der Waals surface area contributed by atoms with Gasteiger partial charge in [0, 0.05) is 0 Å². The molecule has 2 aromatic carbocycles. The highest BCUT2D eigenvalue weighted by Crippen LogP contribution is 2.31. The first kappa shape index (κ1) is 26.4. The van der Waals surface area contributed by atoms with E-state index in [9.17, 15) is 9.59 Å². The van der Waals surface area contributed by atoms with Crippen molar-refractivity contribution in [2.24, 2.45) is 4.99 Å². The molecule has 7 nitrogen and oxygen atoms in total. The summed E-state index contributed by atoms with van der Waals surface area (Å²) in [7, 11) is 1.59. The quantitative estimate of drug-likeness (QED) is 0.309. The Morgan fingerprint density at radius 3 is 2.41 bits per heavy atom. The molecule has 0 radical (unpaired) electrons. The number of allylic oxidation sites excluding steroid dienone is 1. The highest BCUT2D eigenvalue weighted by molar-refractivity contribution is 7.07. The Morgan fingerprint density at radius 1 is 1.11 bits per heavy atom. The van der Waals surface area contributed by atoms with E-state index in [4.69, 9.17) is 14.2 Å².